The molecule has 0 saturated carbocycles. The summed E-state index contributed by atoms with van der Waals surface area (Å²) >= 11 is 1.08. The molecule has 18 heavy (non-hydrogen) atoms. The zero-order valence-electron chi connectivity index (χ0n) is 9.15. The summed E-state index contributed by atoms with van der Waals surface area (Å²) in [5.41, 5.74) is 5.79. The van der Waals surface area contributed by atoms with Crippen molar-refractivity contribution in [2.75, 3.05) is 0 Å². The van der Waals surface area contributed by atoms with Gasteiger partial charge >= 0.3 is 0 Å². The number of halogens is 2. The van der Waals surface area contributed by atoms with E-state index in [-0.39, 0.29) is 5.84 Å². The van der Waals surface area contributed by atoms with E-state index in [1.807, 2.05) is 0 Å². The number of nitrogens with one attached hydrogen (secondary N) is 1. The maximum absolute atomic E-state index is 13.4. The average Bonchev–Trinajstić information content (AvgIpc) is 2.33. The molecule has 0 unspecified atom stereocenters. The van der Waals surface area contributed by atoms with Gasteiger partial charge in [-0.05, 0) is 24.3 Å². The number of nitrogens with zero attached hydrogens (tertiary/aromatic N) is 1. The zero-order valence-corrected chi connectivity index (χ0v) is 9.97. The quantitative estimate of drug-likeness (QED) is 0.662. The topological polar surface area (TPSA) is 62.8 Å². The molecule has 0 saturated heterocycles. The zero-order chi connectivity index (χ0) is 13.1. The predicted octanol–water partition coefficient (Wildman–Crippen LogP) is 2.80. The smallest absolute Gasteiger partial charge is 0.140 e. The molecule has 0 bridgehead atoms. The fourth-order valence-electron chi connectivity index (χ4n) is 1.27. The second kappa shape index (κ2) is 5.14. The van der Waals surface area contributed by atoms with Crippen LogP contribution in [0, 0.1) is 17.0 Å². The van der Waals surface area contributed by atoms with E-state index in [2.05, 4.69) is 4.98 Å². The van der Waals surface area contributed by atoms with Crippen LogP contribution in [-0.2, 0) is 0 Å². The van der Waals surface area contributed by atoms with E-state index >= 15 is 0 Å². The van der Waals surface area contributed by atoms with E-state index in [0.29, 0.717) is 15.5 Å². The van der Waals surface area contributed by atoms with E-state index in [1.165, 1.54) is 18.3 Å². The molecule has 0 aliphatic carbocycles. The summed E-state index contributed by atoms with van der Waals surface area (Å²) < 4.78 is 26.1. The summed E-state index contributed by atoms with van der Waals surface area (Å²) in [5.74, 6) is -1.32. The number of aromatic nitrogens is 1. The molecule has 1 aromatic heterocycles. The molecular formula is C12H9F2N3S. The number of rotatable bonds is 3. The Bertz CT molecular complexity index is 584. The minimum atomic E-state index is -0.627. The molecule has 92 valence electrons. The first-order valence-corrected chi connectivity index (χ1v) is 5.81. The van der Waals surface area contributed by atoms with E-state index in [0.717, 1.165) is 17.8 Å². The van der Waals surface area contributed by atoms with E-state index in [1.54, 1.807) is 12.1 Å². The van der Waals surface area contributed by atoms with Gasteiger partial charge < -0.3 is 5.73 Å². The van der Waals surface area contributed by atoms with Gasteiger partial charge in [0.1, 0.15) is 22.5 Å². The van der Waals surface area contributed by atoms with Crippen LogP contribution in [0.1, 0.15) is 5.56 Å². The first kappa shape index (κ1) is 12.5. The van der Waals surface area contributed by atoms with Crippen molar-refractivity contribution in [1.82, 2.24) is 4.98 Å². The van der Waals surface area contributed by atoms with Crippen molar-refractivity contribution in [2.45, 2.75) is 9.92 Å². The molecule has 0 fully saturated rings. The van der Waals surface area contributed by atoms with Crippen LogP contribution < -0.4 is 5.73 Å². The maximum Gasteiger partial charge on any atom is 0.140 e. The standard InChI is InChI=1S/C12H9F2N3S/c13-8-2-3-10(9(14)5-8)18-11-4-1-7(6-17-11)12(15)16/h1-6H,(H3,15,16). The van der Waals surface area contributed by atoms with E-state index in [9.17, 15) is 8.78 Å². The molecule has 0 atom stereocenters. The lowest BCUT2D eigenvalue weighted by Crippen LogP contribution is -2.11. The summed E-state index contributed by atoms with van der Waals surface area (Å²) in [4.78, 5) is 4.33. The first-order valence-electron chi connectivity index (χ1n) is 4.99. The molecule has 0 aliphatic heterocycles. The van der Waals surface area contributed by atoms with E-state index < -0.39 is 11.6 Å². The second-order valence-electron chi connectivity index (χ2n) is 3.48. The Balaban J connectivity index is 2.21. The molecule has 3 N–H and O–H groups in total. The van der Waals surface area contributed by atoms with Crippen molar-refractivity contribution in [3.05, 3.63) is 53.7 Å². The molecule has 1 aromatic carbocycles. The van der Waals surface area contributed by atoms with Crippen molar-refractivity contribution in [2.24, 2.45) is 5.73 Å². The molecule has 0 aliphatic rings. The number of hydrogen-bond acceptors (Lipinski definition) is 3. The number of nitrogen functional groups attached to an aromatic ring is 1. The van der Waals surface area contributed by atoms with Crippen LogP contribution in [0.3, 0.4) is 0 Å². The third kappa shape index (κ3) is 2.84. The lowest BCUT2D eigenvalue weighted by molar-refractivity contribution is 0.565. The Morgan fingerprint density at radius 1 is 1.22 bits per heavy atom. The van der Waals surface area contributed by atoms with Crippen molar-refractivity contribution in [3.63, 3.8) is 0 Å². The molecule has 1 heterocycles. The molecule has 2 rings (SSSR count). The van der Waals surface area contributed by atoms with Gasteiger partial charge in [-0.1, -0.05) is 11.8 Å². The Labute approximate surface area is 107 Å². The van der Waals surface area contributed by atoms with Gasteiger partial charge in [0.15, 0.2) is 0 Å². The molecule has 6 heteroatoms. The van der Waals surface area contributed by atoms with Crippen LogP contribution in [0.2, 0.25) is 0 Å². The molecule has 2 aromatic rings. The Morgan fingerprint density at radius 2 is 2.00 bits per heavy atom. The van der Waals surface area contributed by atoms with Crippen LogP contribution in [0.5, 0.6) is 0 Å². The van der Waals surface area contributed by atoms with Gasteiger partial charge in [0, 0.05) is 22.7 Å². The first-order chi connectivity index (χ1) is 8.56. The van der Waals surface area contributed by atoms with Gasteiger partial charge in [-0.15, -0.1) is 0 Å². The van der Waals surface area contributed by atoms with Crippen molar-refractivity contribution >= 4 is 17.6 Å². The number of hydrogen-bond donors (Lipinski definition) is 2. The molecule has 0 radical (unpaired) electrons. The van der Waals surface area contributed by atoms with Gasteiger partial charge in [0.2, 0.25) is 0 Å². The predicted molar refractivity (Wildman–Crippen MR) is 65.7 cm³/mol. The summed E-state index contributed by atoms with van der Waals surface area (Å²) in [6, 6.07) is 6.63. The number of nitrogens with two attached hydrogens (primary N) is 1. The summed E-state index contributed by atoms with van der Waals surface area (Å²) in [7, 11) is 0. The molecule has 0 amide bonds. The Kier molecular flexibility index (Phi) is 3.57. The van der Waals surface area contributed by atoms with Gasteiger partial charge in [-0.3, -0.25) is 5.41 Å². The van der Waals surface area contributed by atoms with E-state index in [4.69, 9.17) is 11.1 Å². The highest BCUT2D eigenvalue weighted by molar-refractivity contribution is 7.99. The molecular weight excluding hydrogens is 256 g/mol. The normalized spacial score (nSPS) is 10.3. The number of pyridine rings is 1. The largest absolute Gasteiger partial charge is 0.384 e. The van der Waals surface area contributed by atoms with Crippen molar-refractivity contribution in [3.8, 4) is 0 Å². The second-order valence-corrected chi connectivity index (χ2v) is 4.54. The number of amidine groups is 1. The van der Waals surface area contributed by atoms with Crippen molar-refractivity contribution < 1.29 is 8.78 Å². The molecule has 3 nitrogen and oxygen atoms in total. The van der Waals surface area contributed by atoms with Crippen molar-refractivity contribution in [1.29, 1.82) is 5.41 Å². The maximum atomic E-state index is 13.4. The van der Waals surface area contributed by atoms with Crippen LogP contribution in [0.25, 0.3) is 0 Å². The minimum Gasteiger partial charge on any atom is -0.384 e. The SMILES string of the molecule is N=C(N)c1ccc(Sc2ccc(F)cc2F)nc1. The molecule has 0 spiro atoms. The van der Waals surface area contributed by atoms with Crippen LogP contribution in [0.4, 0.5) is 8.78 Å². The summed E-state index contributed by atoms with van der Waals surface area (Å²) in [5, 5.41) is 7.76. The van der Waals surface area contributed by atoms with Gasteiger partial charge in [0.25, 0.3) is 0 Å². The Hall–Kier alpha value is -1.95. The van der Waals surface area contributed by atoms with Gasteiger partial charge in [-0.2, -0.15) is 0 Å². The third-order valence-electron chi connectivity index (χ3n) is 2.16. The van der Waals surface area contributed by atoms with Crippen LogP contribution in [-0.4, -0.2) is 10.8 Å². The highest BCUT2D eigenvalue weighted by Gasteiger charge is 2.07. The third-order valence-corrected chi connectivity index (χ3v) is 3.16. The monoisotopic (exact) mass is 265 g/mol. The van der Waals surface area contributed by atoms with Gasteiger partial charge in [0.05, 0.1) is 0 Å². The summed E-state index contributed by atoms with van der Waals surface area (Å²) in [6.07, 6.45) is 1.44. The van der Waals surface area contributed by atoms with Crippen LogP contribution in [0.15, 0.2) is 46.5 Å². The highest BCUT2D eigenvalue weighted by Crippen LogP contribution is 2.28. The van der Waals surface area contributed by atoms with Crippen LogP contribution >= 0.6 is 11.8 Å². The fraction of sp³-hybridized carbons (Fsp3) is 0. The lowest BCUT2D eigenvalue weighted by Gasteiger charge is -2.03. The number of benzene rings is 1. The minimum absolute atomic E-state index is 0.0768. The highest BCUT2D eigenvalue weighted by atomic mass is 32.2. The summed E-state index contributed by atoms with van der Waals surface area (Å²) in [6.45, 7) is 0. The average molecular weight is 265 g/mol. The Morgan fingerprint density at radius 3 is 2.56 bits per heavy atom. The lowest BCUT2D eigenvalue weighted by atomic mass is 10.3. The fourth-order valence-corrected chi connectivity index (χ4v) is 2.03. The van der Waals surface area contributed by atoms with Gasteiger partial charge in [-0.25, -0.2) is 13.8 Å².